The molecular formula is C34H45N5O6. The number of aliphatic hydroxyl groups excluding tert-OH is 2. The van der Waals surface area contributed by atoms with E-state index in [9.17, 15) is 9.59 Å². The van der Waals surface area contributed by atoms with Gasteiger partial charge in [0.15, 0.2) is 0 Å². The van der Waals surface area contributed by atoms with Crippen LogP contribution in [0.15, 0.2) is 60.9 Å². The van der Waals surface area contributed by atoms with E-state index in [0.717, 1.165) is 47.6 Å². The average Bonchev–Trinajstić information content (AvgIpc) is 3.60. The van der Waals surface area contributed by atoms with E-state index in [-0.39, 0.29) is 24.9 Å². The van der Waals surface area contributed by atoms with Crippen LogP contribution in [0.25, 0.3) is 22.5 Å². The van der Waals surface area contributed by atoms with Gasteiger partial charge in [0, 0.05) is 57.9 Å². The highest BCUT2D eigenvalue weighted by atomic mass is 16.7. The number of rotatable bonds is 13. The zero-order chi connectivity index (χ0) is 33.1. The van der Waals surface area contributed by atoms with E-state index in [1.54, 1.807) is 31.9 Å². The lowest BCUT2D eigenvalue weighted by Gasteiger charge is -2.12. The minimum Gasteiger partial charge on any atom is -0.475 e. The van der Waals surface area contributed by atoms with Crippen molar-refractivity contribution in [2.75, 3.05) is 27.4 Å². The van der Waals surface area contributed by atoms with Gasteiger partial charge in [-0.15, -0.1) is 0 Å². The molecule has 0 saturated carbocycles. The molecule has 0 aliphatic rings. The number of aromatic carboxylic acids is 1. The first-order valence-corrected chi connectivity index (χ1v) is 15.0. The number of hydrogen-bond donors (Lipinski definition) is 3. The van der Waals surface area contributed by atoms with Crippen molar-refractivity contribution < 1.29 is 29.7 Å². The van der Waals surface area contributed by atoms with Crippen molar-refractivity contribution in [3.05, 3.63) is 83.7 Å². The van der Waals surface area contributed by atoms with Crippen molar-refractivity contribution >= 4 is 11.9 Å². The number of hydroxylamine groups is 2. The van der Waals surface area contributed by atoms with Gasteiger partial charge >= 0.3 is 11.9 Å². The van der Waals surface area contributed by atoms with Crippen LogP contribution < -0.4 is 0 Å². The molecule has 11 nitrogen and oxygen atoms in total. The Kier molecular flexibility index (Phi) is 13.0. The molecule has 0 spiro atoms. The highest BCUT2D eigenvalue weighted by Gasteiger charge is 2.19. The van der Waals surface area contributed by atoms with Gasteiger partial charge in [-0.1, -0.05) is 62.4 Å². The van der Waals surface area contributed by atoms with E-state index in [1.807, 2.05) is 42.6 Å². The molecule has 0 fully saturated rings. The van der Waals surface area contributed by atoms with Crippen LogP contribution in [-0.4, -0.2) is 78.7 Å². The number of nitrogens with zero attached hydrogens (tertiary/aromatic N) is 5. The minimum atomic E-state index is -1.03. The lowest BCUT2D eigenvalue weighted by molar-refractivity contribution is -0.0766. The minimum absolute atomic E-state index is 0.0330. The van der Waals surface area contributed by atoms with Gasteiger partial charge in [0.05, 0.1) is 18.5 Å². The quantitative estimate of drug-likeness (QED) is 0.184. The maximum absolute atomic E-state index is 12.2. The van der Waals surface area contributed by atoms with Crippen LogP contribution >= 0.6 is 0 Å². The Bertz CT molecular complexity index is 1530. The Balaban J connectivity index is 0.000000248. The molecule has 0 radical (unpaired) electrons. The topological polar surface area (TPSA) is 143 Å². The van der Waals surface area contributed by atoms with E-state index in [0.29, 0.717) is 23.4 Å². The van der Waals surface area contributed by atoms with Crippen LogP contribution in [0.1, 0.15) is 59.1 Å². The third-order valence-corrected chi connectivity index (χ3v) is 7.61. The molecule has 0 aliphatic heterocycles. The summed E-state index contributed by atoms with van der Waals surface area (Å²) in [5, 5.41) is 28.1. The Hall–Kier alpha value is -4.32. The normalized spacial score (nSPS) is 12.3. The molecule has 1 amide bonds. The Labute approximate surface area is 264 Å². The smallest absolute Gasteiger partial charge is 0.372 e. The average molecular weight is 620 g/mol. The molecule has 0 unspecified atom stereocenters. The van der Waals surface area contributed by atoms with E-state index in [1.165, 1.54) is 22.8 Å². The zero-order valence-electron chi connectivity index (χ0n) is 27.0. The summed E-state index contributed by atoms with van der Waals surface area (Å²) in [6.07, 6.45) is 7.01. The first-order valence-electron chi connectivity index (χ1n) is 15.0. The number of carbonyl (C=O) groups is 2. The lowest BCUT2D eigenvalue weighted by Crippen LogP contribution is -2.27. The van der Waals surface area contributed by atoms with Gasteiger partial charge in [-0.3, -0.25) is 9.63 Å². The Morgan fingerprint density at radius 1 is 0.778 bits per heavy atom. The predicted molar refractivity (Wildman–Crippen MR) is 172 cm³/mol. The summed E-state index contributed by atoms with van der Waals surface area (Å²) in [6.45, 7) is 4.68. The van der Waals surface area contributed by atoms with E-state index < -0.39 is 5.97 Å². The summed E-state index contributed by atoms with van der Waals surface area (Å²) in [7, 11) is 6.46. The fourth-order valence-corrected chi connectivity index (χ4v) is 4.90. The molecule has 45 heavy (non-hydrogen) atoms. The molecule has 242 valence electrons. The molecule has 0 aliphatic carbocycles. The number of carbonyl (C=O) groups excluding carboxylic acids is 1. The van der Waals surface area contributed by atoms with Gasteiger partial charge in [0.1, 0.15) is 0 Å². The van der Waals surface area contributed by atoms with Gasteiger partial charge in [-0.25, -0.2) is 19.8 Å². The summed E-state index contributed by atoms with van der Waals surface area (Å²) in [4.78, 5) is 36.7. The van der Waals surface area contributed by atoms with E-state index >= 15 is 0 Å². The summed E-state index contributed by atoms with van der Waals surface area (Å²) in [5.74, 6) is -0.0710. The summed E-state index contributed by atoms with van der Waals surface area (Å²) < 4.78 is 3.21. The zero-order valence-corrected chi connectivity index (χ0v) is 27.0. The molecule has 3 N–H and O–H groups in total. The van der Waals surface area contributed by atoms with Crippen molar-refractivity contribution in [2.45, 2.75) is 39.5 Å². The second-order valence-corrected chi connectivity index (χ2v) is 11.4. The van der Waals surface area contributed by atoms with Crippen molar-refractivity contribution in [3.63, 3.8) is 0 Å². The highest BCUT2D eigenvalue weighted by Crippen LogP contribution is 2.22. The number of aryl methyl sites for hydroxylation is 2. The monoisotopic (exact) mass is 619 g/mol. The standard InChI is InChI=1S/C18H25N3O3.C16H20N2O3/c1-13(9-10-22)11-14-5-7-15(8-6-14)16-12-20(2)17(19-16)18(23)21(3)24-4;1-11(7-8-19)9-12-3-5-13(6-4-12)14-10-18(2)15(17-14)16(20)21/h5-8,12-13,22H,9-11H2,1-4H3;3-6,10-11,19H,7-9H2,1-2H3,(H,20,21)/t13-;11-/m11/s1. The fourth-order valence-electron chi connectivity index (χ4n) is 4.90. The van der Waals surface area contributed by atoms with Crippen LogP contribution in [0.2, 0.25) is 0 Å². The van der Waals surface area contributed by atoms with Crippen LogP contribution in [0.3, 0.4) is 0 Å². The Morgan fingerprint density at radius 3 is 1.53 bits per heavy atom. The SMILES string of the molecule is CON(C)C(=O)c1nc(-c2ccc(C[C@H](C)CCO)cc2)cn1C.C[C@H](CCO)Cc1ccc(-c2cn(C)c(C(=O)O)n2)cc1. The number of carboxylic acids is 1. The van der Waals surface area contributed by atoms with E-state index in [4.69, 9.17) is 20.2 Å². The molecule has 2 aromatic heterocycles. The molecule has 11 heteroatoms. The van der Waals surface area contributed by atoms with Crippen LogP contribution in [0.4, 0.5) is 0 Å². The molecule has 2 aromatic carbocycles. The fraction of sp³-hybridized carbons (Fsp3) is 0.412. The van der Waals surface area contributed by atoms with Crippen molar-refractivity contribution in [2.24, 2.45) is 25.9 Å². The number of aromatic nitrogens is 4. The number of imidazole rings is 2. The van der Waals surface area contributed by atoms with Crippen molar-refractivity contribution in [1.29, 1.82) is 0 Å². The van der Waals surface area contributed by atoms with Gasteiger partial charge < -0.3 is 24.5 Å². The molecule has 0 saturated heterocycles. The van der Waals surface area contributed by atoms with Crippen molar-refractivity contribution in [3.8, 4) is 22.5 Å². The number of amides is 1. The van der Waals surface area contributed by atoms with Crippen LogP contribution in [0, 0.1) is 11.8 Å². The molecular weight excluding hydrogens is 574 g/mol. The Morgan fingerprint density at radius 2 is 1.18 bits per heavy atom. The molecule has 4 rings (SSSR count). The van der Waals surface area contributed by atoms with Crippen molar-refractivity contribution in [1.82, 2.24) is 24.2 Å². The molecule has 2 atom stereocenters. The number of hydrogen-bond acceptors (Lipinski definition) is 7. The van der Waals surface area contributed by atoms with Gasteiger partial charge in [-0.05, 0) is 48.6 Å². The predicted octanol–water partition coefficient (Wildman–Crippen LogP) is 4.63. The first-order chi connectivity index (χ1) is 21.5. The van der Waals surface area contributed by atoms with Gasteiger partial charge in [0.25, 0.3) is 0 Å². The van der Waals surface area contributed by atoms with Crippen LogP contribution in [0.5, 0.6) is 0 Å². The lowest BCUT2D eigenvalue weighted by atomic mass is 9.97. The summed E-state index contributed by atoms with van der Waals surface area (Å²) in [5.41, 5.74) is 5.70. The molecule has 4 aromatic rings. The summed E-state index contributed by atoms with van der Waals surface area (Å²) >= 11 is 0. The second kappa shape index (κ2) is 16.7. The number of benzene rings is 2. The van der Waals surface area contributed by atoms with Gasteiger partial charge in [0.2, 0.25) is 11.6 Å². The number of aliphatic hydroxyl groups is 2. The largest absolute Gasteiger partial charge is 0.475 e. The number of carboxylic acid groups (broad SMARTS) is 1. The third kappa shape index (κ3) is 9.84. The van der Waals surface area contributed by atoms with Crippen LogP contribution in [-0.2, 0) is 31.8 Å². The molecule has 0 bridgehead atoms. The highest BCUT2D eigenvalue weighted by molar-refractivity contribution is 5.90. The first kappa shape index (κ1) is 35.2. The third-order valence-electron chi connectivity index (χ3n) is 7.61. The maximum Gasteiger partial charge on any atom is 0.372 e. The molecule has 2 heterocycles. The van der Waals surface area contributed by atoms with E-state index in [2.05, 4.69) is 35.9 Å². The van der Waals surface area contributed by atoms with Gasteiger partial charge in [-0.2, -0.15) is 0 Å². The maximum atomic E-state index is 12.2. The summed E-state index contributed by atoms with van der Waals surface area (Å²) in [6, 6.07) is 16.1. The second-order valence-electron chi connectivity index (χ2n) is 11.4.